The van der Waals surface area contributed by atoms with Gasteiger partial charge in [0.15, 0.2) is 5.41 Å². The molecule has 0 saturated heterocycles. The van der Waals surface area contributed by atoms with Gasteiger partial charge in [0.1, 0.15) is 5.60 Å². The molecule has 3 saturated carbocycles. The van der Waals surface area contributed by atoms with Crippen molar-refractivity contribution in [2.24, 2.45) is 11.3 Å². The minimum atomic E-state index is -1.26. The van der Waals surface area contributed by atoms with Gasteiger partial charge in [-0.25, -0.2) is 0 Å². The van der Waals surface area contributed by atoms with E-state index in [2.05, 4.69) is 0 Å². The van der Waals surface area contributed by atoms with E-state index < -0.39 is 17.4 Å². The zero-order valence-corrected chi connectivity index (χ0v) is 13.4. The normalized spacial score (nSPS) is 27.6. The summed E-state index contributed by atoms with van der Waals surface area (Å²) in [6.45, 7) is 0. The highest BCUT2D eigenvalue weighted by Gasteiger charge is 2.53. The van der Waals surface area contributed by atoms with Crippen LogP contribution in [0.25, 0.3) is 0 Å². The predicted octanol–water partition coefficient (Wildman–Crippen LogP) is 4.07. The molecule has 22 heavy (non-hydrogen) atoms. The lowest BCUT2D eigenvalue weighted by atomic mass is 9.74. The number of hydrogen-bond donors (Lipinski definition) is 1. The summed E-state index contributed by atoms with van der Waals surface area (Å²) in [4.78, 5) is 24.6. The average Bonchev–Trinajstić information content (AvgIpc) is 3.20. The van der Waals surface area contributed by atoms with Crippen molar-refractivity contribution >= 4 is 11.9 Å². The third-order valence-electron chi connectivity index (χ3n) is 6.35. The maximum atomic E-state index is 12.8. The lowest BCUT2D eigenvalue weighted by molar-refractivity contribution is -0.189. The van der Waals surface area contributed by atoms with Gasteiger partial charge in [0.05, 0.1) is 0 Å². The van der Waals surface area contributed by atoms with Gasteiger partial charge in [-0.1, -0.05) is 32.1 Å². The third-order valence-corrected chi connectivity index (χ3v) is 6.35. The number of carbonyl (C=O) groups is 2. The molecule has 0 aromatic heterocycles. The second kappa shape index (κ2) is 6.21. The van der Waals surface area contributed by atoms with Crippen molar-refractivity contribution in [2.45, 2.75) is 89.1 Å². The number of rotatable bonds is 4. The fourth-order valence-electron chi connectivity index (χ4n) is 4.96. The SMILES string of the molecule is O=C(O)C1(C(=O)OC2(C3CCCC3)CCCCC2)CCCC1. The number of carbonyl (C=O) groups excluding carboxylic acids is 1. The molecule has 0 amide bonds. The van der Waals surface area contributed by atoms with Crippen LogP contribution in [0.4, 0.5) is 0 Å². The first-order chi connectivity index (χ1) is 10.6. The van der Waals surface area contributed by atoms with E-state index in [9.17, 15) is 14.7 Å². The maximum Gasteiger partial charge on any atom is 0.324 e. The second-order valence-electron chi connectivity index (χ2n) is 7.59. The van der Waals surface area contributed by atoms with E-state index in [-0.39, 0.29) is 5.60 Å². The van der Waals surface area contributed by atoms with Crippen LogP contribution in [-0.2, 0) is 14.3 Å². The molecule has 1 N–H and O–H groups in total. The first-order valence-electron chi connectivity index (χ1n) is 9.06. The molecule has 0 bridgehead atoms. The summed E-state index contributed by atoms with van der Waals surface area (Å²) in [6, 6.07) is 0. The first kappa shape index (κ1) is 15.8. The molecule has 0 radical (unpaired) electrons. The van der Waals surface area contributed by atoms with Crippen LogP contribution in [0.3, 0.4) is 0 Å². The molecular formula is C18H28O4. The predicted molar refractivity (Wildman–Crippen MR) is 82.4 cm³/mol. The van der Waals surface area contributed by atoms with Gasteiger partial charge in [-0.3, -0.25) is 9.59 Å². The monoisotopic (exact) mass is 308 g/mol. The van der Waals surface area contributed by atoms with Crippen LogP contribution >= 0.6 is 0 Å². The molecule has 3 rings (SSSR count). The van der Waals surface area contributed by atoms with Gasteiger partial charge in [0.2, 0.25) is 0 Å². The molecule has 3 aliphatic carbocycles. The smallest absolute Gasteiger partial charge is 0.324 e. The fourth-order valence-corrected chi connectivity index (χ4v) is 4.96. The highest BCUT2D eigenvalue weighted by atomic mass is 16.6. The van der Waals surface area contributed by atoms with Crippen LogP contribution in [0, 0.1) is 11.3 Å². The Balaban J connectivity index is 1.80. The number of ether oxygens (including phenoxy) is 1. The molecule has 0 atom stereocenters. The largest absolute Gasteiger partial charge is 0.480 e. The summed E-state index contributed by atoms with van der Waals surface area (Å²) in [5, 5.41) is 9.61. The summed E-state index contributed by atoms with van der Waals surface area (Å²) in [7, 11) is 0. The lowest BCUT2D eigenvalue weighted by Crippen LogP contribution is -2.48. The summed E-state index contributed by atoms with van der Waals surface area (Å²) in [5.41, 5.74) is -1.63. The summed E-state index contributed by atoms with van der Waals surface area (Å²) < 4.78 is 6.09. The van der Waals surface area contributed by atoms with Crippen molar-refractivity contribution in [3.63, 3.8) is 0 Å². The number of carboxylic acids is 1. The number of esters is 1. The van der Waals surface area contributed by atoms with Crippen LogP contribution in [-0.4, -0.2) is 22.6 Å². The molecule has 3 fully saturated rings. The van der Waals surface area contributed by atoms with E-state index in [4.69, 9.17) is 4.74 Å². The van der Waals surface area contributed by atoms with Crippen LogP contribution < -0.4 is 0 Å². The van der Waals surface area contributed by atoms with Crippen molar-refractivity contribution in [3.8, 4) is 0 Å². The van der Waals surface area contributed by atoms with Crippen molar-refractivity contribution < 1.29 is 19.4 Å². The summed E-state index contributed by atoms with van der Waals surface area (Å²) in [5.74, 6) is -0.970. The van der Waals surface area contributed by atoms with E-state index in [1.54, 1.807) is 0 Å². The van der Waals surface area contributed by atoms with Crippen molar-refractivity contribution in [1.82, 2.24) is 0 Å². The van der Waals surface area contributed by atoms with E-state index in [1.165, 1.54) is 19.3 Å². The molecule has 0 aliphatic heterocycles. The van der Waals surface area contributed by atoms with Gasteiger partial charge in [-0.2, -0.15) is 0 Å². The van der Waals surface area contributed by atoms with E-state index in [0.29, 0.717) is 18.8 Å². The van der Waals surface area contributed by atoms with Crippen molar-refractivity contribution in [1.29, 1.82) is 0 Å². The molecule has 0 heterocycles. The molecule has 3 aliphatic rings. The van der Waals surface area contributed by atoms with Crippen LogP contribution in [0.15, 0.2) is 0 Å². The summed E-state index contributed by atoms with van der Waals surface area (Å²) in [6.07, 6.45) is 12.5. The fraction of sp³-hybridized carbons (Fsp3) is 0.889. The number of aliphatic carboxylic acids is 1. The Bertz CT molecular complexity index is 424. The van der Waals surface area contributed by atoms with Gasteiger partial charge < -0.3 is 9.84 Å². The van der Waals surface area contributed by atoms with Gasteiger partial charge in [-0.15, -0.1) is 0 Å². The molecule has 0 aromatic carbocycles. The van der Waals surface area contributed by atoms with Crippen LogP contribution in [0.5, 0.6) is 0 Å². The Labute approximate surface area is 132 Å². The molecule has 4 nitrogen and oxygen atoms in total. The van der Waals surface area contributed by atoms with Gasteiger partial charge >= 0.3 is 11.9 Å². The van der Waals surface area contributed by atoms with Gasteiger partial charge in [0, 0.05) is 0 Å². The molecule has 4 heteroatoms. The van der Waals surface area contributed by atoms with Crippen LogP contribution in [0.2, 0.25) is 0 Å². The molecule has 0 spiro atoms. The average molecular weight is 308 g/mol. The lowest BCUT2D eigenvalue weighted by Gasteiger charge is -2.43. The van der Waals surface area contributed by atoms with E-state index in [1.807, 2.05) is 0 Å². The van der Waals surface area contributed by atoms with E-state index >= 15 is 0 Å². The zero-order valence-electron chi connectivity index (χ0n) is 13.4. The standard InChI is InChI=1S/C18H28O4/c19-15(20)17(10-6-7-11-17)16(21)22-18(12-4-1-5-13-18)14-8-2-3-9-14/h14H,1-13H2,(H,19,20). The number of carboxylic acid groups (broad SMARTS) is 1. The van der Waals surface area contributed by atoms with Crippen LogP contribution in [0.1, 0.15) is 83.5 Å². The second-order valence-corrected chi connectivity index (χ2v) is 7.59. The van der Waals surface area contributed by atoms with Crippen molar-refractivity contribution in [3.05, 3.63) is 0 Å². The first-order valence-corrected chi connectivity index (χ1v) is 9.06. The minimum absolute atomic E-state index is 0.364. The summed E-state index contributed by atoms with van der Waals surface area (Å²) >= 11 is 0. The Morgan fingerprint density at radius 3 is 1.91 bits per heavy atom. The quantitative estimate of drug-likeness (QED) is 0.628. The van der Waals surface area contributed by atoms with Gasteiger partial charge in [0.25, 0.3) is 0 Å². The van der Waals surface area contributed by atoms with Crippen molar-refractivity contribution in [2.75, 3.05) is 0 Å². The Morgan fingerprint density at radius 1 is 0.818 bits per heavy atom. The Morgan fingerprint density at radius 2 is 1.36 bits per heavy atom. The highest BCUT2D eigenvalue weighted by molar-refractivity contribution is 5.99. The third kappa shape index (κ3) is 2.65. The molecule has 124 valence electrons. The number of hydrogen-bond acceptors (Lipinski definition) is 3. The maximum absolute atomic E-state index is 12.8. The van der Waals surface area contributed by atoms with Gasteiger partial charge in [-0.05, 0) is 57.3 Å². The Hall–Kier alpha value is -1.06. The Kier molecular flexibility index (Phi) is 4.47. The topological polar surface area (TPSA) is 63.6 Å². The zero-order chi connectivity index (χ0) is 15.6. The molecule has 0 unspecified atom stereocenters. The highest BCUT2D eigenvalue weighted by Crippen LogP contribution is 2.48. The molecular weight excluding hydrogens is 280 g/mol. The van der Waals surface area contributed by atoms with E-state index in [0.717, 1.165) is 51.4 Å². The minimum Gasteiger partial charge on any atom is -0.480 e. The molecule has 0 aromatic rings.